The van der Waals surface area contributed by atoms with Gasteiger partial charge in [-0.05, 0) is 19.1 Å². The van der Waals surface area contributed by atoms with Crippen molar-refractivity contribution in [2.24, 2.45) is 0 Å². The van der Waals surface area contributed by atoms with E-state index < -0.39 is 0 Å². The lowest BCUT2D eigenvalue weighted by Crippen LogP contribution is -2.23. The minimum atomic E-state index is -0.255. The van der Waals surface area contributed by atoms with Gasteiger partial charge in [0.2, 0.25) is 0 Å². The molecule has 1 N–H and O–H groups in total. The standard InChI is InChI=1S/C13H13ClN4O/c1-3-16-13(19)9(2)11-8-18(17-12(11)14)10-5-4-6-15-7-10/h4-8H,2-3H2,1H3,(H,16,19). The van der Waals surface area contributed by atoms with Crippen molar-refractivity contribution in [1.82, 2.24) is 20.1 Å². The number of nitrogens with one attached hydrogen (secondary N) is 1. The summed E-state index contributed by atoms with van der Waals surface area (Å²) in [6.07, 6.45) is 4.99. The lowest BCUT2D eigenvalue weighted by atomic mass is 10.1. The Balaban J connectivity index is 2.32. The second kappa shape index (κ2) is 5.67. The summed E-state index contributed by atoms with van der Waals surface area (Å²) in [6, 6.07) is 3.64. The Morgan fingerprint density at radius 2 is 2.37 bits per heavy atom. The van der Waals surface area contributed by atoms with Crippen LogP contribution in [0.2, 0.25) is 5.15 Å². The number of pyridine rings is 1. The first-order valence-corrected chi connectivity index (χ1v) is 6.14. The second-order valence-electron chi connectivity index (χ2n) is 3.83. The van der Waals surface area contributed by atoms with E-state index in [-0.39, 0.29) is 11.1 Å². The predicted molar refractivity (Wildman–Crippen MR) is 74.1 cm³/mol. The van der Waals surface area contributed by atoms with Gasteiger partial charge in [0.1, 0.15) is 0 Å². The normalized spacial score (nSPS) is 10.2. The van der Waals surface area contributed by atoms with Gasteiger partial charge in [0.05, 0.1) is 11.9 Å². The zero-order chi connectivity index (χ0) is 13.8. The molecule has 0 aliphatic heterocycles. The highest BCUT2D eigenvalue weighted by Crippen LogP contribution is 2.23. The van der Waals surface area contributed by atoms with Gasteiger partial charge in [-0.3, -0.25) is 9.78 Å². The molecule has 98 valence electrons. The smallest absolute Gasteiger partial charge is 0.251 e. The fraction of sp³-hybridized carbons (Fsp3) is 0.154. The summed E-state index contributed by atoms with van der Waals surface area (Å²) in [5.74, 6) is -0.255. The first-order valence-electron chi connectivity index (χ1n) is 5.76. The predicted octanol–water partition coefficient (Wildman–Crippen LogP) is 2.07. The minimum absolute atomic E-state index is 0.236. The third kappa shape index (κ3) is 2.82. The van der Waals surface area contributed by atoms with E-state index in [1.54, 1.807) is 29.3 Å². The van der Waals surface area contributed by atoms with Gasteiger partial charge in [-0.1, -0.05) is 18.2 Å². The van der Waals surface area contributed by atoms with Crippen LogP contribution in [0, 0.1) is 0 Å². The number of hydrogen-bond donors (Lipinski definition) is 1. The summed E-state index contributed by atoms with van der Waals surface area (Å²) in [5, 5.41) is 7.06. The Morgan fingerprint density at radius 1 is 1.58 bits per heavy atom. The molecule has 2 heterocycles. The van der Waals surface area contributed by atoms with E-state index in [0.717, 1.165) is 5.69 Å². The van der Waals surface area contributed by atoms with Crippen molar-refractivity contribution in [2.75, 3.05) is 6.54 Å². The molecule has 2 aromatic rings. The number of amides is 1. The highest BCUT2D eigenvalue weighted by molar-refractivity contribution is 6.33. The number of carbonyl (C=O) groups excluding carboxylic acids is 1. The maximum absolute atomic E-state index is 11.7. The maximum Gasteiger partial charge on any atom is 0.251 e. The van der Waals surface area contributed by atoms with E-state index in [4.69, 9.17) is 11.6 Å². The fourth-order valence-electron chi connectivity index (χ4n) is 1.57. The molecule has 0 aromatic carbocycles. The second-order valence-corrected chi connectivity index (χ2v) is 4.19. The van der Waals surface area contributed by atoms with Crippen LogP contribution in [0.3, 0.4) is 0 Å². The van der Waals surface area contributed by atoms with Crippen LogP contribution >= 0.6 is 11.6 Å². The molecule has 2 rings (SSSR count). The van der Waals surface area contributed by atoms with Crippen molar-refractivity contribution >= 4 is 23.1 Å². The monoisotopic (exact) mass is 276 g/mol. The molecule has 0 saturated heterocycles. The van der Waals surface area contributed by atoms with Crippen molar-refractivity contribution in [3.8, 4) is 5.69 Å². The van der Waals surface area contributed by atoms with Crippen LogP contribution in [-0.4, -0.2) is 27.2 Å². The van der Waals surface area contributed by atoms with E-state index in [0.29, 0.717) is 17.7 Å². The molecule has 0 bridgehead atoms. The van der Waals surface area contributed by atoms with Gasteiger partial charge in [-0.15, -0.1) is 0 Å². The number of rotatable bonds is 4. The van der Waals surface area contributed by atoms with Crippen LogP contribution < -0.4 is 5.32 Å². The minimum Gasteiger partial charge on any atom is -0.352 e. The molecule has 0 fully saturated rings. The molecule has 1 amide bonds. The van der Waals surface area contributed by atoms with Gasteiger partial charge in [-0.2, -0.15) is 5.10 Å². The van der Waals surface area contributed by atoms with Crippen molar-refractivity contribution in [3.05, 3.63) is 48.0 Å². The molecule has 0 aliphatic rings. The summed E-state index contributed by atoms with van der Waals surface area (Å²) in [7, 11) is 0. The quantitative estimate of drug-likeness (QED) is 0.870. The molecule has 0 spiro atoms. The number of likely N-dealkylation sites (N-methyl/N-ethyl adjacent to an activating group) is 1. The zero-order valence-corrected chi connectivity index (χ0v) is 11.2. The molecular weight excluding hydrogens is 264 g/mol. The van der Waals surface area contributed by atoms with E-state index in [1.165, 1.54) is 0 Å². The summed E-state index contributed by atoms with van der Waals surface area (Å²) >= 11 is 6.04. The average molecular weight is 277 g/mol. The first-order chi connectivity index (χ1) is 9.13. The van der Waals surface area contributed by atoms with Crippen LogP contribution in [0.1, 0.15) is 12.5 Å². The van der Waals surface area contributed by atoms with Crippen LogP contribution in [0.15, 0.2) is 37.3 Å². The lowest BCUT2D eigenvalue weighted by Gasteiger charge is -2.03. The Bertz CT molecular complexity index is 606. The molecule has 0 atom stereocenters. The number of halogens is 1. The van der Waals surface area contributed by atoms with E-state index in [1.807, 2.05) is 13.0 Å². The van der Waals surface area contributed by atoms with E-state index >= 15 is 0 Å². The SMILES string of the molecule is C=C(C(=O)NCC)c1cn(-c2cccnc2)nc1Cl. The molecule has 0 saturated carbocycles. The van der Waals surface area contributed by atoms with Crippen LogP contribution in [-0.2, 0) is 4.79 Å². The van der Waals surface area contributed by atoms with Crippen LogP contribution in [0.5, 0.6) is 0 Å². The van der Waals surface area contributed by atoms with Crippen molar-refractivity contribution in [3.63, 3.8) is 0 Å². The summed E-state index contributed by atoms with van der Waals surface area (Å²) in [4.78, 5) is 15.7. The largest absolute Gasteiger partial charge is 0.352 e. The van der Waals surface area contributed by atoms with Gasteiger partial charge in [0.15, 0.2) is 5.15 Å². The highest BCUT2D eigenvalue weighted by Gasteiger charge is 2.16. The molecular formula is C13H13ClN4O. The third-order valence-corrected chi connectivity index (χ3v) is 2.80. The van der Waals surface area contributed by atoms with Crippen LogP contribution in [0.25, 0.3) is 11.3 Å². The van der Waals surface area contributed by atoms with Crippen LogP contribution in [0.4, 0.5) is 0 Å². The molecule has 0 unspecified atom stereocenters. The van der Waals surface area contributed by atoms with Gasteiger partial charge in [0, 0.05) is 30.1 Å². The summed E-state index contributed by atoms with van der Waals surface area (Å²) in [6.45, 7) is 6.12. The van der Waals surface area contributed by atoms with Gasteiger partial charge < -0.3 is 5.32 Å². The van der Waals surface area contributed by atoms with Gasteiger partial charge >= 0.3 is 0 Å². The molecule has 0 radical (unpaired) electrons. The average Bonchev–Trinajstić information content (AvgIpc) is 2.81. The number of nitrogens with zero attached hydrogens (tertiary/aromatic N) is 3. The third-order valence-electron chi connectivity index (χ3n) is 2.52. The van der Waals surface area contributed by atoms with E-state index in [2.05, 4.69) is 22.0 Å². The zero-order valence-electron chi connectivity index (χ0n) is 10.4. The number of carbonyl (C=O) groups is 1. The Kier molecular flexibility index (Phi) is 3.97. The first kappa shape index (κ1) is 13.3. The maximum atomic E-state index is 11.7. The lowest BCUT2D eigenvalue weighted by molar-refractivity contribution is -0.115. The Hall–Kier alpha value is -2.14. The molecule has 2 aromatic heterocycles. The summed E-state index contributed by atoms with van der Waals surface area (Å²) < 4.78 is 1.56. The van der Waals surface area contributed by atoms with Gasteiger partial charge in [0.25, 0.3) is 5.91 Å². The molecule has 0 aliphatic carbocycles. The highest BCUT2D eigenvalue weighted by atomic mass is 35.5. The molecule has 5 nitrogen and oxygen atoms in total. The van der Waals surface area contributed by atoms with Crippen molar-refractivity contribution < 1.29 is 4.79 Å². The number of hydrogen-bond acceptors (Lipinski definition) is 3. The van der Waals surface area contributed by atoms with Crippen molar-refractivity contribution in [2.45, 2.75) is 6.92 Å². The molecule has 19 heavy (non-hydrogen) atoms. The van der Waals surface area contributed by atoms with Crippen molar-refractivity contribution in [1.29, 1.82) is 0 Å². The summed E-state index contributed by atoms with van der Waals surface area (Å²) in [5.41, 5.74) is 1.57. The molecule has 6 heteroatoms. The number of aromatic nitrogens is 3. The van der Waals surface area contributed by atoms with E-state index in [9.17, 15) is 4.79 Å². The topological polar surface area (TPSA) is 59.8 Å². The van der Waals surface area contributed by atoms with Gasteiger partial charge in [-0.25, -0.2) is 4.68 Å². The Morgan fingerprint density at radius 3 is 3.00 bits per heavy atom. The fourth-order valence-corrected chi connectivity index (χ4v) is 1.81. The Labute approximate surface area is 115 Å².